The molecule has 1 saturated heterocycles. The van der Waals surface area contributed by atoms with Crippen LogP contribution in [0.3, 0.4) is 0 Å². The highest BCUT2D eigenvalue weighted by atomic mass is 35.5. The van der Waals surface area contributed by atoms with E-state index in [1.54, 1.807) is 18.2 Å². The molecule has 2 unspecified atom stereocenters. The molecule has 2 aromatic rings. The zero-order valence-electron chi connectivity index (χ0n) is 15.9. The van der Waals surface area contributed by atoms with Gasteiger partial charge < -0.3 is 10.6 Å². The summed E-state index contributed by atoms with van der Waals surface area (Å²) in [6, 6.07) is 8.50. The second kappa shape index (κ2) is 9.52. The van der Waals surface area contributed by atoms with Crippen molar-refractivity contribution in [2.24, 2.45) is 5.92 Å². The van der Waals surface area contributed by atoms with E-state index in [0.717, 1.165) is 44.3 Å². The predicted octanol–water partition coefficient (Wildman–Crippen LogP) is 4.03. The molecule has 1 aromatic heterocycles. The number of carbonyl (C=O) groups is 1. The van der Waals surface area contributed by atoms with Gasteiger partial charge in [-0.3, -0.25) is 9.48 Å². The fourth-order valence-electron chi connectivity index (χ4n) is 4.37. The molecule has 152 valence electrons. The summed E-state index contributed by atoms with van der Waals surface area (Å²) >= 11 is 0. The zero-order chi connectivity index (χ0) is 18.6. The average Bonchev–Trinajstić information content (AvgIpc) is 3.40. The summed E-state index contributed by atoms with van der Waals surface area (Å²) in [4.78, 5) is 12.9. The smallest absolute Gasteiger partial charge is 0.272 e. The zero-order valence-corrected chi connectivity index (χ0v) is 16.8. The van der Waals surface area contributed by atoms with Gasteiger partial charge in [0.05, 0.1) is 12.1 Å². The molecule has 4 rings (SSSR count). The van der Waals surface area contributed by atoms with E-state index in [-0.39, 0.29) is 30.2 Å². The van der Waals surface area contributed by atoms with Gasteiger partial charge in [0.2, 0.25) is 0 Å². The van der Waals surface area contributed by atoms with Crippen LogP contribution in [0, 0.1) is 11.7 Å². The minimum atomic E-state index is -0.255. The van der Waals surface area contributed by atoms with Gasteiger partial charge in [-0.15, -0.1) is 12.4 Å². The first-order valence-corrected chi connectivity index (χ1v) is 10.0. The van der Waals surface area contributed by atoms with Crippen LogP contribution >= 0.6 is 12.4 Å². The van der Waals surface area contributed by atoms with E-state index >= 15 is 0 Å². The van der Waals surface area contributed by atoms with Crippen molar-refractivity contribution in [2.45, 2.75) is 50.6 Å². The van der Waals surface area contributed by atoms with Crippen LogP contribution in [0.1, 0.15) is 66.7 Å². The number of benzene rings is 1. The lowest BCUT2D eigenvalue weighted by Crippen LogP contribution is -2.34. The molecule has 2 atom stereocenters. The molecule has 2 aliphatic rings. The number of amides is 1. The molecule has 28 heavy (non-hydrogen) atoms. The molecule has 0 spiro atoms. The fraction of sp³-hybridized carbons (Fsp3) is 0.524. The third kappa shape index (κ3) is 4.73. The molecule has 2 N–H and O–H groups in total. The molecule has 2 heterocycles. The van der Waals surface area contributed by atoms with Crippen LogP contribution in [0.4, 0.5) is 4.39 Å². The van der Waals surface area contributed by atoms with Crippen LogP contribution in [0.25, 0.3) is 0 Å². The molecule has 1 aromatic carbocycles. The maximum absolute atomic E-state index is 13.3. The second-order valence-corrected chi connectivity index (χ2v) is 7.73. The molecule has 2 fully saturated rings. The van der Waals surface area contributed by atoms with Gasteiger partial charge >= 0.3 is 0 Å². The molecular weight excluding hydrogens is 379 g/mol. The van der Waals surface area contributed by atoms with Gasteiger partial charge in [0.15, 0.2) is 0 Å². The molecule has 0 radical (unpaired) electrons. The Morgan fingerprint density at radius 1 is 1.14 bits per heavy atom. The highest BCUT2D eigenvalue weighted by Gasteiger charge is 2.29. The van der Waals surface area contributed by atoms with E-state index < -0.39 is 0 Å². The highest BCUT2D eigenvalue weighted by molar-refractivity contribution is 5.92. The number of carbonyl (C=O) groups excluding carboxylic acids is 1. The fourth-order valence-corrected chi connectivity index (χ4v) is 4.37. The number of hydrogen-bond donors (Lipinski definition) is 2. The van der Waals surface area contributed by atoms with Gasteiger partial charge in [-0.2, -0.15) is 5.10 Å². The number of piperidine rings is 1. The monoisotopic (exact) mass is 406 g/mol. The Labute approximate surface area is 171 Å². The summed E-state index contributed by atoms with van der Waals surface area (Å²) in [5.74, 6) is -0.0159. The van der Waals surface area contributed by atoms with Crippen molar-refractivity contribution < 1.29 is 9.18 Å². The van der Waals surface area contributed by atoms with Crippen LogP contribution in [-0.4, -0.2) is 28.8 Å². The minimum Gasteiger partial charge on any atom is -0.344 e. The van der Waals surface area contributed by atoms with Crippen molar-refractivity contribution in [3.63, 3.8) is 0 Å². The van der Waals surface area contributed by atoms with Crippen molar-refractivity contribution >= 4 is 18.3 Å². The standard InChI is InChI=1S/C21H27FN4O.ClH/c22-17-9-7-16(8-10-17)20(15-4-1-2-5-15)24-21(27)19-11-13-26(25-19)18-6-3-12-23-14-18;/h7-11,13,15,18,20,23H,1-6,12,14H2,(H,24,27);1H. The Balaban J connectivity index is 0.00000225. The third-order valence-corrected chi connectivity index (χ3v) is 5.87. The lowest BCUT2D eigenvalue weighted by molar-refractivity contribution is 0.0915. The van der Waals surface area contributed by atoms with Gasteiger partial charge in [-0.05, 0) is 61.9 Å². The van der Waals surface area contributed by atoms with Gasteiger partial charge in [-0.25, -0.2) is 4.39 Å². The van der Waals surface area contributed by atoms with E-state index in [4.69, 9.17) is 0 Å². The summed E-state index contributed by atoms with van der Waals surface area (Å²) in [6.07, 6.45) is 8.64. The van der Waals surface area contributed by atoms with Crippen LogP contribution in [-0.2, 0) is 0 Å². The number of hydrogen-bond acceptors (Lipinski definition) is 3. The van der Waals surface area contributed by atoms with Crippen molar-refractivity contribution in [3.05, 3.63) is 53.6 Å². The van der Waals surface area contributed by atoms with Gasteiger partial charge in [0.25, 0.3) is 5.91 Å². The van der Waals surface area contributed by atoms with Crippen LogP contribution < -0.4 is 10.6 Å². The third-order valence-electron chi connectivity index (χ3n) is 5.87. The quantitative estimate of drug-likeness (QED) is 0.788. The van der Waals surface area contributed by atoms with Gasteiger partial charge in [0, 0.05) is 12.7 Å². The molecule has 5 nitrogen and oxygen atoms in total. The number of halogens is 2. The first-order valence-electron chi connectivity index (χ1n) is 10.0. The first-order chi connectivity index (χ1) is 13.2. The molecule has 0 bridgehead atoms. The number of aromatic nitrogens is 2. The average molecular weight is 407 g/mol. The van der Waals surface area contributed by atoms with Gasteiger partial charge in [0.1, 0.15) is 11.5 Å². The van der Waals surface area contributed by atoms with E-state index in [1.807, 2.05) is 10.9 Å². The maximum atomic E-state index is 13.3. The molecular formula is C21H28ClFN4O. The predicted molar refractivity (Wildman–Crippen MR) is 109 cm³/mol. The summed E-state index contributed by atoms with van der Waals surface area (Å²) in [6.45, 7) is 1.94. The molecule has 1 aliphatic heterocycles. The molecule has 7 heteroatoms. The van der Waals surface area contributed by atoms with Crippen LogP contribution in [0.15, 0.2) is 36.5 Å². The lowest BCUT2D eigenvalue weighted by Gasteiger charge is -2.25. The molecule has 1 saturated carbocycles. The molecule has 1 amide bonds. The largest absolute Gasteiger partial charge is 0.344 e. The Kier molecular flexibility index (Phi) is 7.08. The maximum Gasteiger partial charge on any atom is 0.272 e. The molecule has 1 aliphatic carbocycles. The van der Waals surface area contributed by atoms with Crippen LogP contribution in [0.5, 0.6) is 0 Å². The Morgan fingerprint density at radius 2 is 1.89 bits per heavy atom. The summed E-state index contributed by atoms with van der Waals surface area (Å²) in [5, 5.41) is 11.1. The number of rotatable bonds is 5. The van der Waals surface area contributed by atoms with Crippen molar-refractivity contribution in [3.8, 4) is 0 Å². The van der Waals surface area contributed by atoms with E-state index in [1.165, 1.54) is 25.0 Å². The lowest BCUT2D eigenvalue weighted by atomic mass is 9.91. The van der Waals surface area contributed by atoms with Crippen molar-refractivity contribution in [1.29, 1.82) is 0 Å². The van der Waals surface area contributed by atoms with E-state index in [9.17, 15) is 9.18 Å². The van der Waals surface area contributed by atoms with E-state index in [2.05, 4.69) is 15.7 Å². The Hall–Kier alpha value is -1.92. The first kappa shape index (κ1) is 20.8. The Morgan fingerprint density at radius 3 is 2.57 bits per heavy atom. The minimum absolute atomic E-state index is 0. The SMILES string of the molecule is Cl.O=C(NC(c1ccc(F)cc1)C1CCCC1)c1ccn(C2CCCNC2)n1. The highest BCUT2D eigenvalue weighted by Crippen LogP contribution is 2.36. The van der Waals surface area contributed by atoms with Gasteiger partial charge in [-0.1, -0.05) is 25.0 Å². The topological polar surface area (TPSA) is 59.0 Å². The van der Waals surface area contributed by atoms with E-state index in [0.29, 0.717) is 17.7 Å². The van der Waals surface area contributed by atoms with Crippen molar-refractivity contribution in [2.75, 3.05) is 13.1 Å². The normalized spacial score (nSPS) is 21.1. The second-order valence-electron chi connectivity index (χ2n) is 7.73. The summed E-state index contributed by atoms with van der Waals surface area (Å²) in [5.41, 5.74) is 1.42. The van der Waals surface area contributed by atoms with Crippen molar-refractivity contribution in [1.82, 2.24) is 20.4 Å². The summed E-state index contributed by atoms with van der Waals surface area (Å²) < 4.78 is 15.2. The Bertz CT molecular complexity index is 767. The van der Waals surface area contributed by atoms with Crippen LogP contribution in [0.2, 0.25) is 0 Å². The number of nitrogens with one attached hydrogen (secondary N) is 2. The number of nitrogens with zero attached hydrogens (tertiary/aromatic N) is 2. The summed E-state index contributed by atoms with van der Waals surface area (Å²) in [7, 11) is 0.